The first-order chi connectivity index (χ1) is 10.7. The predicted molar refractivity (Wildman–Crippen MR) is 87.4 cm³/mol. The molecule has 1 unspecified atom stereocenters. The molecule has 0 bridgehead atoms. The summed E-state index contributed by atoms with van der Waals surface area (Å²) in [6.45, 7) is 4.72. The fraction of sp³-hybridized carbons (Fsp3) is 0.588. The molecule has 1 heterocycles. The molecule has 0 aromatic heterocycles. The monoisotopic (exact) mass is 306 g/mol. The highest BCUT2D eigenvalue weighted by molar-refractivity contribution is 5.76. The molecule has 1 aliphatic rings. The molecule has 1 aliphatic heterocycles. The lowest BCUT2D eigenvalue weighted by molar-refractivity contribution is -0.142. The number of hydrogen-bond donors (Lipinski definition) is 1. The lowest BCUT2D eigenvalue weighted by atomic mass is 10.0. The number of esters is 1. The Hall–Kier alpha value is -1.75. The number of methoxy groups -OCH3 is 1. The van der Waals surface area contributed by atoms with Crippen LogP contribution in [-0.4, -0.2) is 38.8 Å². The molecular weight excluding hydrogens is 280 g/mol. The topological polar surface area (TPSA) is 64.8 Å². The van der Waals surface area contributed by atoms with Crippen molar-refractivity contribution < 1.29 is 14.3 Å². The van der Waals surface area contributed by atoms with Crippen LogP contribution in [0.3, 0.4) is 0 Å². The fourth-order valence-corrected chi connectivity index (χ4v) is 2.82. The van der Waals surface area contributed by atoms with Gasteiger partial charge < -0.3 is 20.1 Å². The summed E-state index contributed by atoms with van der Waals surface area (Å²) in [4.78, 5) is 13.9. The maximum absolute atomic E-state index is 11.5. The second-order valence-corrected chi connectivity index (χ2v) is 5.61. The van der Waals surface area contributed by atoms with E-state index in [2.05, 4.69) is 21.8 Å². The van der Waals surface area contributed by atoms with Gasteiger partial charge in [0, 0.05) is 31.3 Å². The third-order valence-corrected chi connectivity index (χ3v) is 4.02. The van der Waals surface area contributed by atoms with Crippen LogP contribution >= 0.6 is 0 Å². The summed E-state index contributed by atoms with van der Waals surface area (Å²) in [5, 5.41) is 0. The lowest BCUT2D eigenvalue weighted by Crippen LogP contribution is -2.34. The quantitative estimate of drug-likeness (QED) is 0.816. The van der Waals surface area contributed by atoms with Crippen molar-refractivity contribution in [2.45, 2.75) is 38.6 Å². The van der Waals surface area contributed by atoms with Gasteiger partial charge in [0.15, 0.2) is 0 Å². The molecule has 122 valence electrons. The van der Waals surface area contributed by atoms with Gasteiger partial charge in [-0.2, -0.15) is 0 Å². The zero-order chi connectivity index (χ0) is 15.9. The Morgan fingerprint density at radius 2 is 2.05 bits per heavy atom. The van der Waals surface area contributed by atoms with Crippen molar-refractivity contribution >= 4 is 11.7 Å². The van der Waals surface area contributed by atoms with Crippen LogP contribution in [0.15, 0.2) is 18.2 Å². The van der Waals surface area contributed by atoms with Crippen LogP contribution in [-0.2, 0) is 16.0 Å². The van der Waals surface area contributed by atoms with E-state index in [1.54, 1.807) is 0 Å². The van der Waals surface area contributed by atoms with Gasteiger partial charge in [0.1, 0.15) is 11.8 Å². The molecule has 0 amide bonds. The van der Waals surface area contributed by atoms with Crippen LogP contribution in [0.2, 0.25) is 0 Å². The Morgan fingerprint density at radius 1 is 1.32 bits per heavy atom. The molecule has 0 spiro atoms. The number of carbonyl (C=O) groups excluding carboxylic acids is 1. The lowest BCUT2D eigenvalue weighted by Gasteiger charge is -2.29. The Bertz CT molecular complexity index is 499. The van der Waals surface area contributed by atoms with E-state index in [9.17, 15) is 4.79 Å². The van der Waals surface area contributed by atoms with Gasteiger partial charge in [-0.1, -0.05) is 6.07 Å². The number of carbonyl (C=O) groups is 1. The van der Waals surface area contributed by atoms with Crippen molar-refractivity contribution in [3.63, 3.8) is 0 Å². The van der Waals surface area contributed by atoms with E-state index in [-0.39, 0.29) is 0 Å². The summed E-state index contributed by atoms with van der Waals surface area (Å²) in [6, 6.07) is 5.50. The van der Waals surface area contributed by atoms with Crippen molar-refractivity contribution in [1.82, 2.24) is 0 Å². The predicted octanol–water partition coefficient (Wildman–Crippen LogP) is 2.12. The molecule has 1 aromatic rings. The third-order valence-electron chi connectivity index (χ3n) is 4.02. The normalized spacial score (nSPS) is 16.2. The first kappa shape index (κ1) is 16.6. The summed E-state index contributed by atoms with van der Waals surface area (Å²) >= 11 is 0. The van der Waals surface area contributed by atoms with E-state index in [0.29, 0.717) is 13.0 Å². The molecule has 5 nitrogen and oxygen atoms in total. The third kappa shape index (κ3) is 4.13. The Morgan fingerprint density at radius 3 is 2.68 bits per heavy atom. The van der Waals surface area contributed by atoms with Crippen molar-refractivity contribution in [3.05, 3.63) is 23.8 Å². The second-order valence-electron chi connectivity index (χ2n) is 5.61. The second kappa shape index (κ2) is 8.03. The standard InChI is InChI=1S/C17H26N2O3/c1-3-22-16-12-14(19-9-5-4-6-10-19)8-7-13(16)11-15(18)17(20)21-2/h7-8,12,15H,3-6,9-11,18H2,1-2H3. The molecule has 2 N–H and O–H groups in total. The highest BCUT2D eigenvalue weighted by Gasteiger charge is 2.18. The molecule has 2 rings (SSSR count). The summed E-state index contributed by atoms with van der Waals surface area (Å²) in [5.74, 6) is 0.410. The molecule has 1 fully saturated rings. The highest BCUT2D eigenvalue weighted by atomic mass is 16.5. The number of nitrogens with zero attached hydrogens (tertiary/aromatic N) is 1. The Balaban J connectivity index is 2.17. The van der Waals surface area contributed by atoms with E-state index in [1.165, 1.54) is 32.1 Å². The summed E-state index contributed by atoms with van der Waals surface area (Å²) in [7, 11) is 1.35. The SMILES string of the molecule is CCOc1cc(N2CCCCC2)ccc1CC(N)C(=O)OC. The van der Waals surface area contributed by atoms with Crippen molar-refractivity contribution in [1.29, 1.82) is 0 Å². The van der Waals surface area contributed by atoms with E-state index < -0.39 is 12.0 Å². The molecular formula is C17H26N2O3. The summed E-state index contributed by atoms with van der Waals surface area (Å²) < 4.78 is 10.4. The minimum absolute atomic E-state index is 0.400. The number of rotatable bonds is 6. The minimum Gasteiger partial charge on any atom is -0.494 e. The van der Waals surface area contributed by atoms with Crippen LogP contribution in [0, 0.1) is 0 Å². The molecule has 0 radical (unpaired) electrons. The smallest absolute Gasteiger partial charge is 0.322 e. The number of nitrogens with two attached hydrogens (primary N) is 1. The summed E-state index contributed by atoms with van der Waals surface area (Å²) in [5.41, 5.74) is 7.99. The Labute approximate surface area is 132 Å². The maximum atomic E-state index is 11.5. The van der Waals surface area contributed by atoms with E-state index >= 15 is 0 Å². The average molecular weight is 306 g/mol. The van der Waals surface area contributed by atoms with Crippen LogP contribution < -0.4 is 15.4 Å². The van der Waals surface area contributed by atoms with Crippen LogP contribution in [0.5, 0.6) is 5.75 Å². The molecule has 1 saturated heterocycles. The van der Waals surface area contributed by atoms with Gasteiger partial charge >= 0.3 is 5.97 Å². The van der Waals surface area contributed by atoms with Crippen molar-refractivity contribution in [2.75, 3.05) is 31.7 Å². The van der Waals surface area contributed by atoms with Crippen molar-refractivity contribution in [2.24, 2.45) is 5.73 Å². The van der Waals surface area contributed by atoms with E-state index in [0.717, 1.165) is 24.4 Å². The molecule has 0 saturated carbocycles. The molecule has 1 aromatic carbocycles. The summed E-state index contributed by atoms with van der Waals surface area (Å²) in [6.07, 6.45) is 4.20. The first-order valence-corrected chi connectivity index (χ1v) is 7.99. The van der Waals surface area contributed by atoms with Gasteiger partial charge in [-0.3, -0.25) is 4.79 Å². The largest absolute Gasteiger partial charge is 0.494 e. The zero-order valence-corrected chi connectivity index (χ0v) is 13.5. The number of anilines is 1. The van der Waals surface area contributed by atoms with E-state index in [1.807, 2.05) is 13.0 Å². The van der Waals surface area contributed by atoms with Crippen LogP contribution in [0.25, 0.3) is 0 Å². The van der Waals surface area contributed by atoms with Gasteiger partial charge in [0.05, 0.1) is 13.7 Å². The van der Waals surface area contributed by atoms with Gasteiger partial charge in [-0.05, 0) is 37.8 Å². The number of hydrogen-bond acceptors (Lipinski definition) is 5. The van der Waals surface area contributed by atoms with Gasteiger partial charge in [0.2, 0.25) is 0 Å². The van der Waals surface area contributed by atoms with Crippen LogP contribution in [0.4, 0.5) is 5.69 Å². The van der Waals surface area contributed by atoms with Gasteiger partial charge in [-0.25, -0.2) is 0 Å². The Kier molecular flexibility index (Phi) is 6.07. The molecule has 5 heteroatoms. The van der Waals surface area contributed by atoms with Crippen LogP contribution in [0.1, 0.15) is 31.7 Å². The maximum Gasteiger partial charge on any atom is 0.322 e. The van der Waals surface area contributed by atoms with Gasteiger partial charge in [0.25, 0.3) is 0 Å². The number of benzene rings is 1. The average Bonchev–Trinajstić information content (AvgIpc) is 2.56. The number of ether oxygens (including phenoxy) is 2. The van der Waals surface area contributed by atoms with Gasteiger partial charge in [-0.15, -0.1) is 0 Å². The number of piperidine rings is 1. The zero-order valence-electron chi connectivity index (χ0n) is 13.5. The molecule has 1 atom stereocenters. The first-order valence-electron chi connectivity index (χ1n) is 7.99. The fourth-order valence-electron chi connectivity index (χ4n) is 2.82. The minimum atomic E-state index is -0.662. The molecule has 22 heavy (non-hydrogen) atoms. The van der Waals surface area contributed by atoms with E-state index in [4.69, 9.17) is 10.5 Å². The highest BCUT2D eigenvalue weighted by Crippen LogP contribution is 2.28. The molecule has 0 aliphatic carbocycles. The van der Waals surface area contributed by atoms with Crippen molar-refractivity contribution in [3.8, 4) is 5.75 Å².